The van der Waals surface area contributed by atoms with Crippen molar-refractivity contribution in [2.45, 2.75) is 32.7 Å². The summed E-state index contributed by atoms with van der Waals surface area (Å²) in [5.41, 5.74) is 1.36. The summed E-state index contributed by atoms with van der Waals surface area (Å²) < 4.78 is 5.60. The summed E-state index contributed by atoms with van der Waals surface area (Å²) in [5, 5.41) is 3.36. The molecule has 0 saturated carbocycles. The molecule has 0 aromatic heterocycles. The number of hydrogen-bond acceptors (Lipinski definition) is 2. The first-order valence-corrected chi connectivity index (χ1v) is 6.54. The molecule has 0 radical (unpaired) electrons. The predicted molar refractivity (Wildman–Crippen MR) is 73.1 cm³/mol. The molecule has 2 heteroatoms. The molecule has 0 fully saturated rings. The van der Waals surface area contributed by atoms with E-state index in [1.54, 1.807) is 0 Å². The minimum atomic E-state index is 0.443. The topological polar surface area (TPSA) is 21.3 Å². The first-order chi connectivity index (χ1) is 8.24. The third-order valence-electron chi connectivity index (χ3n) is 2.78. The lowest BCUT2D eigenvalue weighted by Gasteiger charge is -2.16. The molecule has 1 atom stereocenters. The Labute approximate surface area is 105 Å². The molecule has 1 aromatic carbocycles. The summed E-state index contributed by atoms with van der Waals surface area (Å²) in [6.45, 7) is 6.10. The molecule has 0 heterocycles. The van der Waals surface area contributed by atoms with Gasteiger partial charge in [-0.25, -0.2) is 0 Å². The molecule has 0 spiro atoms. The Kier molecular flexibility index (Phi) is 6.90. The highest BCUT2D eigenvalue weighted by atomic mass is 16.5. The van der Waals surface area contributed by atoms with E-state index in [4.69, 9.17) is 4.74 Å². The second-order valence-corrected chi connectivity index (χ2v) is 4.86. The molecule has 1 rings (SSSR count). The van der Waals surface area contributed by atoms with Crippen molar-refractivity contribution in [3.8, 4) is 0 Å². The van der Waals surface area contributed by atoms with Crippen LogP contribution in [-0.2, 0) is 4.74 Å². The maximum atomic E-state index is 5.60. The molecular formula is C15H25NO. The summed E-state index contributed by atoms with van der Waals surface area (Å²) in [7, 11) is 2.02. The molecule has 1 unspecified atom stereocenters. The summed E-state index contributed by atoms with van der Waals surface area (Å²) in [6.07, 6.45) is 2.23. The fourth-order valence-electron chi connectivity index (χ4n) is 1.87. The molecule has 0 aliphatic rings. The van der Waals surface area contributed by atoms with E-state index in [1.807, 2.05) is 7.05 Å². The molecule has 0 aliphatic carbocycles. The van der Waals surface area contributed by atoms with Gasteiger partial charge < -0.3 is 10.1 Å². The molecule has 1 aromatic rings. The highest BCUT2D eigenvalue weighted by Crippen LogP contribution is 2.17. The van der Waals surface area contributed by atoms with Crippen LogP contribution in [0.5, 0.6) is 0 Å². The van der Waals surface area contributed by atoms with Gasteiger partial charge in [-0.1, -0.05) is 44.2 Å². The van der Waals surface area contributed by atoms with Crippen molar-refractivity contribution in [1.29, 1.82) is 0 Å². The zero-order valence-electron chi connectivity index (χ0n) is 11.3. The molecule has 1 N–H and O–H groups in total. The first kappa shape index (κ1) is 14.2. The quantitative estimate of drug-likeness (QED) is 0.697. The Morgan fingerprint density at radius 2 is 1.88 bits per heavy atom. The van der Waals surface area contributed by atoms with E-state index in [-0.39, 0.29) is 0 Å². The molecule has 17 heavy (non-hydrogen) atoms. The van der Waals surface area contributed by atoms with Crippen LogP contribution in [0.3, 0.4) is 0 Å². The van der Waals surface area contributed by atoms with Gasteiger partial charge in [0.25, 0.3) is 0 Å². The molecule has 0 saturated heterocycles. The smallest absolute Gasteiger partial charge is 0.0488 e. The summed E-state index contributed by atoms with van der Waals surface area (Å²) in [6, 6.07) is 11.0. The average Bonchev–Trinajstić information content (AvgIpc) is 2.34. The number of benzene rings is 1. The van der Waals surface area contributed by atoms with Gasteiger partial charge in [-0.15, -0.1) is 0 Å². The van der Waals surface area contributed by atoms with Gasteiger partial charge in [0.15, 0.2) is 0 Å². The molecule has 96 valence electrons. The number of nitrogens with one attached hydrogen (secondary N) is 1. The standard InChI is InChI=1S/C15H25NO/c1-13(2)12-17-11-7-10-15(16-3)14-8-5-4-6-9-14/h4-6,8-9,13,15-16H,7,10-12H2,1-3H3. The Hall–Kier alpha value is -0.860. The van der Waals surface area contributed by atoms with Crippen LogP contribution in [0.2, 0.25) is 0 Å². The van der Waals surface area contributed by atoms with Crippen molar-refractivity contribution >= 4 is 0 Å². The fourth-order valence-corrected chi connectivity index (χ4v) is 1.87. The zero-order chi connectivity index (χ0) is 12.5. The van der Waals surface area contributed by atoms with Crippen LogP contribution in [-0.4, -0.2) is 20.3 Å². The first-order valence-electron chi connectivity index (χ1n) is 6.54. The maximum absolute atomic E-state index is 5.60. The van der Waals surface area contributed by atoms with Crippen molar-refractivity contribution in [3.05, 3.63) is 35.9 Å². The van der Waals surface area contributed by atoms with Gasteiger partial charge in [0, 0.05) is 19.3 Å². The van der Waals surface area contributed by atoms with Crippen LogP contribution in [0.1, 0.15) is 38.3 Å². The largest absolute Gasteiger partial charge is 0.381 e. The van der Waals surface area contributed by atoms with Crippen LogP contribution in [0.25, 0.3) is 0 Å². The molecule has 2 nitrogen and oxygen atoms in total. The monoisotopic (exact) mass is 235 g/mol. The van der Waals surface area contributed by atoms with E-state index in [1.165, 1.54) is 5.56 Å². The van der Waals surface area contributed by atoms with Gasteiger partial charge >= 0.3 is 0 Å². The van der Waals surface area contributed by atoms with E-state index in [0.29, 0.717) is 12.0 Å². The molecule has 0 amide bonds. The van der Waals surface area contributed by atoms with Crippen molar-refractivity contribution < 1.29 is 4.74 Å². The Morgan fingerprint density at radius 1 is 1.18 bits per heavy atom. The minimum Gasteiger partial charge on any atom is -0.381 e. The molecule has 0 bridgehead atoms. The SMILES string of the molecule is CNC(CCCOCC(C)C)c1ccccc1. The fraction of sp³-hybridized carbons (Fsp3) is 0.600. The van der Waals surface area contributed by atoms with Crippen molar-refractivity contribution in [1.82, 2.24) is 5.32 Å². The van der Waals surface area contributed by atoms with Crippen molar-refractivity contribution in [3.63, 3.8) is 0 Å². The van der Waals surface area contributed by atoms with Crippen LogP contribution in [0.4, 0.5) is 0 Å². The summed E-state index contributed by atoms with van der Waals surface area (Å²) in [4.78, 5) is 0. The van der Waals surface area contributed by atoms with Gasteiger partial charge in [-0.05, 0) is 31.4 Å². The van der Waals surface area contributed by atoms with Gasteiger partial charge in [-0.3, -0.25) is 0 Å². The lowest BCUT2D eigenvalue weighted by molar-refractivity contribution is 0.105. The second-order valence-electron chi connectivity index (χ2n) is 4.86. The number of ether oxygens (including phenoxy) is 1. The highest BCUT2D eigenvalue weighted by Gasteiger charge is 2.07. The van der Waals surface area contributed by atoms with Gasteiger partial charge in [-0.2, -0.15) is 0 Å². The zero-order valence-corrected chi connectivity index (χ0v) is 11.3. The number of hydrogen-bond donors (Lipinski definition) is 1. The van der Waals surface area contributed by atoms with Gasteiger partial charge in [0.1, 0.15) is 0 Å². The van der Waals surface area contributed by atoms with Crippen LogP contribution < -0.4 is 5.32 Å². The Balaban J connectivity index is 2.24. The molecule has 0 aliphatic heterocycles. The summed E-state index contributed by atoms with van der Waals surface area (Å²) in [5.74, 6) is 0.629. The van der Waals surface area contributed by atoms with Crippen molar-refractivity contribution in [2.24, 2.45) is 5.92 Å². The van der Waals surface area contributed by atoms with E-state index in [2.05, 4.69) is 49.5 Å². The van der Waals surface area contributed by atoms with Gasteiger partial charge in [0.2, 0.25) is 0 Å². The minimum absolute atomic E-state index is 0.443. The van der Waals surface area contributed by atoms with Crippen LogP contribution in [0, 0.1) is 5.92 Å². The van der Waals surface area contributed by atoms with Crippen LogP contribution >= 0.6 is 0 Å². The van der Waals surface area contributed by atoms with E-state index >= 15 is 0 Å². The Bertz CT molecular complexity index is 284. The normalized spacial score (nSPS) is 12.9. The average molecular weight is 235 g/mol. The van der Waals surface area contributed by atoms with Crippen LogP contribution in [0.15, 0.2) is 30.3 Å². The van der Waals surface area contributed by atoms with E-state index in [9.17, 15) is 0 Å². The summed E-state index contributed by atoms with van der Waals surface area (Å²) >= 11 is 0. The molecular weight excluding hydrogens is 210 g/mol. The van der Waals surface area contributed by atoms with E-state index in [0.717, 1.165) is 26.1 Å². The third kappa shape index (κ3) is 5.85. The Morgan fingerprint density at radius 3 is 2.47 bits per heavy atom. The number of rotatable bonds is 8. The third-order valence-corrected chi connectivity index (χ3v) is 2.78. The highest BCUT2D eigenvalue weighted by molar-refractivity contribution is 5.18. The second kappa shape index (κ2) is 8.26. The maximum Gasteiger partial charge on any atom is 0.0488 e. The van der Waals surface area contributed by atoms with Gasteiger partial charge in [0.05, 0.1) is 0 Å². The van der Waals surface area contributed by atoms with E-state index < -0.39 is 0 Å². The van der Waals surface area contributed by atoms with Crippen molar-refractivity contribution in [2.75, 3.05) is 20.3 Å². The lowest BCUT2D eigenvalue weighted by atomic mass is 10.0. The lowest BCUT2D eigenvalue weighted by Crippen LogP contribution is -2.17. The predicted octanol–water partition coefficient (Wildman–Crippen LogP) is 3.40.